The summed E-state index contributed by atoms with van der Waals surface area (Å²) in [6, 6.07) is 6.39. The lowest BCUT2D eigenvalue weighted by molar-refractivity contribution is 0.0709. The molecule has 112 valence electrons. The van der Waals surface area contributed by atoms with E-state index in [2.05, 4.69) is 5.32 Å². The van der Waals surface area contributed by atoms with E-state index in [0.29, 0.717) is 11.1 Å². The SMILES string of the molecule is CC(O)C(C)(C)NC(=O)c1ccc(CS(C)(=O)=O)cc1. The first kappa shape index (κ1) is 16.7. The van der Waals surface area contributed by atoms with Gasteiger partial charge in [-0.15, -0.1) is 0 Å². The predicted octanol–water partition coefficient (Wildman–Crippen LogP) is 1.12. The van der Waals surface area contributed by atoms with Gasteiger partial charge in [0.1, 0.15) is 0 Å². The molecule has 0 spiro atoms. The molecule has 0 radical (unpaired) electrons. The first-order chi connectivity index (χ1) is 9.01. The fourth-order valence-electron chi connectivity index (χ4n) is 1.52. The maximum absolute atomic E-state index is 12.0. The highest BCUT2D eigenvalue weighted by molar-refractivity contribution is 7.89. The molecule has 5 nitrogen and oxygen atoms in total. The third-order valence-corrected chi connectivity index (χ3v) is 3.98. The molecule has 0 saturated heterocycles. The van der Waals surface area contributed by atoms with Crippen molar-refractivity contribution in [2.45, 2.75) is 38.2 Å². The van der Waals surface area contributed by atoms with Crippen molar-refractivity contribution in [3.05, 3.63) is 35.4 Å². The third-order valence-electron chi connectivity index (χ3n) is 3.13. The monoisotopic (exact) mass is 299 g/mol. The van der Waals surface area contributed by atoms with E-state index in [9.17, 15) is 18.3 Å². The zero-order valence-electron chi connectivity index (χ0n) is 12.2. The Bertz CT molecular complexity index is 574. The number of hydrogen-bond donors (Lipinski definition) is 2. The standard InChI is InChI=1S/C14H21NO4S/c1-10(16)14(2,3)15-13(17)12-7-5-11(6-8-12)9-20(4,18)19/h5-8,10,16H,9H2,1-4H3,(H,15,17). The number of amides is 1. The van der Waals surface area contributed by atoms with Gasteiger partial charge in [0.15, 0.2) is 9.84 Å². The summed E-state index contributed by atoms with van der Waals surface area (Å²) in [5.41, 5.74) is 0.331. The maximum atomic E-state index is 12.0. The highest BCUT2D eigenvalue weighted by Gasteiger charge is 2.26. The minimum Gasteiger partial charge on any atom is -0.391 e. The van der Waals surface area contributed by atoms with Crippen LogP contribution in [0.1, 0.15) is 36.7 Å². The summed E-state index contributed by atoms with van der Waals surface area (Å²) in [4.78, 5) is 12.0. The molecule has 0 aliphatic heterocycles. The van der Waals surface area contributed by atoms with Gasteiger partial charge in [-0.05, 0) is 38.5 Å². The fraction of sp³-hybridized carbons (Fsp3) is 0.500. The Morgan fingerprint density at radius 1 is 1.30 bits per heavy atom. The van der Waals surface area contributed by atoms with Crippen LogP contribution in [0.2, 0.25) is 0 Å². The Hall–Kier alpha value is -1.40. The van der Waals surface area contributed by atoms with E-state index >= 15 is 0 Å². The summed E-state index contributed by atoms with van der Waals surface area (Å²) in [5.74, 6) is -0.351. The van der Waals surface area contributed by atoms with Gasteiger partial charge in [-0.1, -0.05) is 12.1 Å². The van der Waals surface area contributed by atoms with Crippen LogP contribution in [0.25, 0.3) is 0 Å². The van der Waals surface area contributed by atoms with Crippen molar-refractivity contribution in [3.8, 4) is 0 Å². The molecule has 0 heterocycles. The van der Waals surface area contributed by atoms with E-state index in [4.69, 9.17) is 0 Å². The van der Waals surface area contributed by atoms with E-state index in [1.54, 1.807) is 45.0 Å². The second-order valence-electron chi connectivity index (χ2n) is 5.62. The van der Waals surface area contributed by atoms with Crippen molar-refractivity contribution in [1.29, 1.82) is 0 Å². The zero-order chi connectivity index (χ0) is 15.6. The number of carbonyl (C=O) groups is 1. The van der Waals surface area contributed by atoms with Crippen molar-refractivity contribution in [3.63, 3.8) is 0 Å². The number of rotatable bonds is 5. The molecule has 0 saturated carbocycles. The van der Waals surface area contributed by atoms with E-state index in [1.165, 1.54) is 6.26 Å². The lowest BCUT2D eigenvalue weighted by atomic mass is 9.98. The summed E-state index contributed by atoms with van der Waals surface area (Å²) >= 11 is 0. The second-order valence-corrected chi connectivity index (χ2v) is 7.76. The molecule has 1 rings (SSSR count). The number of hydrogen-bond acceptors (Lipinski definition) is 4. The quantitative estimate of drug-likeness (QED) is 0.853. The normalized spacial score (nSPS) is 13.8. The maximum Gasteiger partial charge on any atom is 0.251 e. The lowest BCUT2D eigenvalue weighted by Crippen LogP contribution is -2.50. The van der Waals surface area contributed by atoms with Crippen LogP contribution in [-0.4, -0.2) is 37.3 Å². The summed E-state index contributed by atoms with van der Waals surface area (Å²) in [6.45, 7) is 5.07. The fourth-order valence-corrected chi connectivity index (χ4v) is 2.32. The number of nitrogens with one attached hydrogen (secondary N) is 1. The van der Waals surface area contributed by atoms with Crippen LogP contribution in [0.3, 0.4) is 0 Å². The van der Waals surface area contributed by atoms with Crippen LogP contribution in [0.4, 0.5) is 0 Å². The second kappa shape index (κ2) is 5.93. The van der Waals surface area contributed by atoms with Gasteiger partial charge in [0.25, 0.3) is 5.91 Å². The molecular weight excluding hydrogens is 278 g/mol. The number of aliphatic hydroxyl groups is 1. The Labute approximate surface area is 119 Å². The highest BCUT2D eigenvalue weighted by Crippen LogP contribution is 2.12. The van der Waals surface area contributed by atoms with Crippen LogP contribution in [0.15, 0.2) is 24.3 Å². The molecule has 6 heteroatoms. The van der Waals surface area contributed by atoms with Crippen LogP contribution >= 0.6 is 0 Å². The highest BCUT2D eigenvalue weighted by atomic mass is 32.2. The smallest absolute Gasteiger partial charge is 0.251 e. The molecule has 1 aromatic carbocycles. The van der Waals surface area contributed by atoms with Gasteiger partial charge in [0, 0.05) is 11.8 Å². The number of aliphatic hydroxyl groups excluding tert-OH is 1. The van der Waals surface area contributed by atoms with E-state index in [-0.39, 0.29) is 11.7 Å². The van der Waals surface area contributed by atoms with Crippen molar-refractivity contribution < 1.29 is 18.3 Å². The largest absolute Gasteiger partial charge is 0.391 e. The number of sulfone groups is 1. The molecule has 1 amide bonds. The Morgan fingerprint density at radius 3 is 2.20 bits per heavy atom. The van der Waals surface area contributed by atoms with Crippen molar-refractivity contribution in [1.82, 2.24) is 5.32 Å². The molecule has 0 aromatic heterocycles. The Kier molecular flexibility index (Phi) is 4.94. The van der Waals surface area contributed by atoms with Gasteiger partial charge in [0.05, 0.1) is 17.4 Å². The number of benzene rings is 1. The van der Waals surface area contributed by atoms with E-state index in [1.807, 2.05) is 0 Å². The van der Waals surface area contributed by atoms with Crippen LogP contribution in [0.5, 0.6) is 0 Å². The van der Waals surface area contributed by atoms with E-state index < -0.39 is 21.5 Å². The number of carbonyl (C=O) groups excluding carboxylic acids is 1. The summed E-state index contributed by atoms with van der Waals surface area (Å²) in [5, 5.41) is 12.3. The average Bonchev–Trinajstić information content (AvgIpc) is 2.26. The molecular formula is C14H21NO4S. The van der Waals surface area contributed by atoms with Gasteiger partial charge < -0.3 is 10.4 Å². The first-order valence-corrected chi connectivity index (χ1v) is 8.34. The van der Waals surface area contributed by atoms with Crippen LogP contribution < -0.4 is 5.32 Å². The lowest BCUT2D eigenvalue weighted by Gasteiger charge is -2.29. The van der Waals surface area contributed by atoms with Gasteiger partial charge in [-0.3, -0.25) is 4.79 Å². The summed E-state index contributed by atoms with van der Waals surface area (Å²) in [6.07, 6.45) is 0.481. The molecule has 0 fully saturated rings. The average molecular weight is 299 g/mol. The third kappa shape index (κ3) is 4.94. The van der Waals surface area contributed by atoms with Crippen LogP contribution in [-0.2, 0) is 15.6 Å². The minimum absolute atomic E-state index is 0.0476. The first-order valence-electron chi connectivity index (χ1n) is 6.28. The van der Waals surface area contributed by atoms with Gasteiger partial charge in [-0.25, -0.2) is 8.42 Å². The molecule has 2 N–H and O–H groups in total. The molecule has 20 heavy (non-hydrogen) atoms. The molecule has 0 bridgehead atoms. The molecule has 0 aliphatic rings. The minimum atomic E-state index is -3.08. The van der Waals surface area contributed by atoms with Gasteiger partial charge in [-0.2, -0.15) is 0 Å². The predicted molar refractivity (Wildman–Crippen MR) is 78.2 cm³/mol. The van der Waals surface area contributed by atoms with Gasteiger partial charge >= 0.3 is 0 Å². The molecule has 1 aromatic rings. The molecule has 1 atom stereocenters. The zero-order valence-corrected chi connectivity index (χ0v) is 13.0. The van der Waals surface area contributed by atoms with Crippen LogP contribution in [0, 0.1) is 0 Å². The van der Waals surface area contributed by atoms with Gasteiger partial charge in [0.2, 0.25) is 0 Å². The molecule has 0 aliphatic carbocycles. The summed E-state index contributed by atoms with van der Waals surface area (Å²) in [7, 11) is -3.08. The Morgan fingerprint density at radius 2 is 1.80 bits per heavy atom. The van der Waals surface area contributed by atoms with E-state index in [0.717, 1.165) is 0 Å². The van der Waals surface area contributed by atoms with Crippen molar-refractivity contribution in [2.24, 2.45) is 0 Å². The molecule has 1 unspecified atom stereocenters. The topological polar surface area (TPSA) is 83.5 Å². The van der Waals surface area contributed by atoms with Crippen molar-refractivity contribution in [2.75, 3.05) is 6.26 Å². The van der Waals surface area contributed by atoms with Crippen molar-refractivity contribution >= 4 is 15.7 Å². The Balaban J connectivity index is 2.81. The summed E-state index contributed by atoms with van der Waals surface area (Å²) < 4.78 is 22.3.